The summed E-state index contributed by atoms with van der Waals surface area (Å²) in [5, 5.41) is 0. The van der Waals surface area contributed by atoms with E-state index in [1.807, 2.05) is 18.2 Å². The Labute approximate surface area is 173 Å². The number of anilines is 1. The van der Waals surface area contributed by atoms with E-state index in [1.165, 1.54) is 9.87 Å². The molecule has 2 aromatic carbocycles. The van der Waals surface area contributed by atoms with E-state index in [-0.39, 0.29) is 12.3 Å². The largest absolute Gasteiger partial charge is 0.457 e. The van der Waals surface area contributed by atoms with Crippen molar-refractivity contribution >= 4 is 15.7 Å². The van der Waals surface area contributed by atoms with Crippen molar-refractivity contribution in [2.45, 2.75) is 33.2 Å². The molecule has 152 valence electrons. The van der Waals surface area contributed by atoms with Crippen molar-refractivity contribution in [1.29, 1.82) is 0 Å². The van der Waals surface area contributed by atoms with E-state index in [1.54, 1.807) is 49.6 Å². The first kappa shape index (κ1) is 20.9. The van der Waals surface area contributed by atoms with Gasteiger partial charge in [0.1, 0.15) is 11.5 Å². The molecule has 1 heterocycles. The molecule has 0 fully saturated rings. The Hall–Kier alpha value is -2.86. The van der Waals surface area contributed by atoms with Gasteiger partial charge in [-0.3, -0.25) is 9.29 Å². The number of hydrogen-bond acceptors (Lipinski definition) is 4. The molecule has 0 bridgehead atoms. The second kappa shape index (κ2) is 9.09. The van der Waals surface area contributed by atoms with Gasteiger partial charge >= 0.3 is 0 Å². The summed E-state index contributed by atoms with van der Waals surface area (Å²) in [5.74, 6) is 1.89. The number of nitrogens with zero attached hydrogens (tertiary/aromatic N) is 2. The van der Waals surface area contributed by atoms with Crippen LogP contribution in [0.15, 0.2) is 73.1 Å². The highest BCUT2D eigenvalue weighted by Gasteiger charge is 2.21. The Bertz CT molecular complexity index is 1020. The van der Waals surface area contributed by atoms with Crippen LogP contribution in [0.25, 0.3) is 0 Å². The first-order valence-electron chi connectivity index (χ1n) is 9.66. The number of sulfonamides is 1. The average molecular weight is 411 g/mol. The summed E-state index contributed by atoms with van der Waals surface area (Å²) in [5.41, 5.74) is 2.68. The smallest absolute Gasteiger partial charge is 0.235 e. The maximum Gasteiger partial charge on any atom is 0.235 e. The molecule has 0 saturated heterocycles. The van der Waals surface area contributed by atoms with E-state index in [2.05, 4.69) is 31.0 Å². The summed E-state index contributed by atoms with van der Waals surface area (Å²) in [7, 11) is -3.43. The number of rotatable bonds is 8. The van der Waals surface area contributed by atoms with Crippen LogP contribution in [0, 0.1) is 0 Å². The van der Waals surface area contributed by atoms with E-state index >= 15 is 0 Å². The summed E-state index contributed by atoms with van der Waals surface area (Å²) in [6.07, 6.45) is 3.35. The fourth-order valence-corrected chi connectivity index (χ4v) is 4.00. The Balaban J connectivity index is 1.80. The van der Waals surface area contributed by atoms with Crippen LogP contribution in [0.4, 0.5) is 5.69 Å². The number of aromatic nitrogens is 1. The summed E-state index contributed by atoms with van der Waals surface area (Å²) < 4.78 is 32.6. The average Bonchev–Trinajstić information content (AvgIpc) is 2.74. The van der Waals surface area contributed by atoms with Gasteiger partial charge in [0.15, 0.2) is 0 Å². The van der Waals surface area contributed by atoms with E-state index in [9.17, 15) is 8.42 Å². The van der Waals surface area contributed by atoms with Gasteiger partial charge in [0.25, 0.3) is 0 Å². The monoisotopic (exact) mass is 410 g/mol. The predicted octanol–water partition coefficient (Wildman–Crippen LogP) is 5.35. The number of pyridine rings is 1. The molecule has 0 radical (unpaired) electrons. The third-order valence-electron chi connectivity index (χ3n) is 4.66. The predicted molar refractivity (Wildman–Crippen MR) is 117 cm³/mol. The highest BCUT2D eigenvalue weighted by Crippen LogP contribution is 2.28. The SMILES string of the molecule is CCS(=O)(=O)N(Cc1cccnc1)c1ccc(Oc2ccc(C(C)C)cc2)cc1. The molecule has 29 heavy (non-hydrogen) atoms. The van der Waals surface area contributed by atoms with Crippen LogP contribution < -0.4 is 9.04 Å². The lowest BCUT2D eigenvalue weighted by Gasteiger charge is -2.24. The van der Waals surface area contributed by atoms with Gasteiger partial charge in [0.2, 0.25) is 10.0 Å². The molecular weight excluding hydrogens is 384 g/mol. The lowest BCUT2D eigenvalue weighted by molar-refractivity contribution is 0.482. The first-order valence-corrected chi connectivity index (χ1v) is 11.3. The van der Waals surface area contributed by atoms with E-state index in [0.717, 1.165) is 11.3 Å². The Kier molecular flexibility index (Phi) is 6.54. The third-order valence-corrected chi connectivity index (χ3v) is 6.40. The van der Waals surface area contributed by atoms with Crippen molar-refractivity contribution in [2.24, 2.45) is 0 Å². The molecule has 0 aliphatic heterocycles. The normalized spacial score (nSPS) is 11.4. The summed E-state index contributed by atoms with van der Waals surface area (Å²) >= 11 is 0. The van der Waals surface area contributed by atoms with Crippen LogP contribution >= 0.6 is 0 Å². The quantitative estimate of drug-likeness (QED) is 0.502. The van der Waals surface area contributed by atoms with Crippen LogP contribution in [-0.4, -0.2) is 19.2 Å². The summed E-state index contributed by atoms with van der Waals surface area (Å²) in [6.45, 7) is 6.18. The van der Waals surface area contributed by atoms with Crippen molar-refractivity contribution in [1.82, 2.24) is 4.98 Å². The molecule has 0 N–H and O–H groups in total. The molecular formula is C23H26N2O3S. The number of ether oxygens (including phenoxy) is 1. The highest BCUT2D eigenvalue weighted by atomic mass is 32.2. The second-order valence-corrected chi connectivity index (χ2v) is 9.27. The minimum atomic E-state index is -3.43. The van der Waals surface area contributed by atoms with Gasteiger partial charge in [-0.05, 0) is 66.4 Å². The first-order chi connectivity index (χ1) is 13.9. The third kappa shape index (κ3) is 5.35. The molecule has 0 spiro atoms. The second-order valence-electron chi connectivity index (χ2n) is 7.09. The van der Waals surface area contributed by atoms with Crippen molar-refractivity contribution in [3.8, 4) is 11.5 Å². The zero-order valence-electron chi connectivity index (χ0n) is 16.9. The lowest BCUT2D eigenvalue weighted by Crippen LogP contribution is -2.31. The minimum Gasteiger partial charge on any atom is -0.457 e. The maximum atomic E-state index is 12.6. The topological polar surface area (TPSA) is 59.5 Å². The molecule has 3 rings (SSSR count). The van der Waals surface area contributed by atoms with Gasteiger partial charge in [-0.15, -0.1) is 0 Å². The standard InChI is InChI=1S/C23H26N2O3S/c1-4-29(26,27)25(17-19-6-5-15-24-16-19)21-9-13-23(14-10-21)28-22-11-7-20(8-12-22)18(2)3/h5-16,18H,4,17H2,1-3H3. The van der Waals surface area contributed by atoms with E-state index < -0.39 is 10.0 Å². The molecule has 0 aliphatic rings. The Morgan fingerprint density at radius 1 is 0.966 bits per heavy atom. The van der Waals surface area contributed by atoms with E-state index in [4.69, 9.17) is 4.74 Å². The zero-order valence-corrected chi connectivity index (χ0v) is 17.8. The molecule has 1 aromatic heterocycles. The molecule has 3 aromatic rings. The van der Waals surface area contributed by atoms with Crippen molar-refractivity contribution < 1.29 is 13.2 Å². The van der Waals surface area contributed by atoms with Crippen LogP contribution in [0.2, 0.25) is 0 Å². The van der Waals surface area contributed by atoms with Gasteiger partial charge in [0, 0.05) is 12.4 Å². The van der Waals surface area contributed by atoms with Crippen molar-refractivity contribution in [2.75, 3.05) is 10.1 Å². The van der Waals surface area contributed by atoms with Crippen molar-refractivity contribution in [3.63, 3.8) is 0 Å². The highest BCUT2D eigenvalue weighted by molar-refractivity contribution is 7.92. The van der Waals surface area contributed by atoms with E-state index in [0.29, 0.717) is 17.4 Å². The van der Waals surface area contributed by atoms with Crippen LogP contribution in [0.5, 0.6) is 11.5 Å². The molecule has 0 unspecified atom stereocenters. The molecule has 0 amide bonds. The zero-order chi connectivity index (χ0) is 20.9. The minimum absolute atomic E-state index is 0.0215. The van der Waals surface area contributed by atoms with Gasteiger partial charge < -0.3 is 4.74 Å². The molecule has 0 aliphatic carbocycles. The maximum absolute atomic E-state index is 12.6. The van der Waals surface area contributed by atoms with Gasteiger partial charge in [-0.1, -0.05) is 32.0 Å². The van der Waals surface area contributed by atoms with Crippen LogP contribution in [0.1, 0.15) is 37.8 Å². The fourth-order valence-electron chi connectivity index (χ4n) is 2.90. The molecule has 6 heteroatoms. The van der Waals surface area contributed by atoms with Crippen LogP contribution in [0.3, 0.4) is 0 Å². The molecule has 0 saturated carbocycles. The lowest BCUT2D eigenvalue weighted by atomic mass is 10.0. The Morgan fingerprint density at radius 3 is 2.10 bits per heavy atom. The van der Waals surface area contributed by atoms with Crippen LogP contribution in [-0.2, 0) is 16.6 Å². The molecule has 0 atom stereocenters. The Morgan fingerprint density at radius 2 is 1.59 bits per heavy atom. The van der Waals surface area contributed by atoms with Gasteiger partial charge in [-0.25, -0.2) is 8.42 Å². The van der Waals surface area contributed by atoms with Crippen molar-refractivity contribution in [3.05, 3.63) is 84.2 Å². The van der Waals surface area contributed by atoms with Gasteiger partial charge in [0.05, 0.1) is 18.0 Å². The summed E-state index contributed by atoms with van der Waals surface area (Å²) in [4.78, 5) is 4.08. The number of benzene rings is 2. The molecule has 5 nitrogen and oxygen atoms in total. The fraction of sp³-hybridized carbons (Fsp3) is 0.261. The number of hydrogen-bond donors (Lipinski definition) is 0. The summed E-state index contributed by atoms with van der Waals surface area (Å²) in [6, 6.07) is 18.8. The van der Waals surface area contributed by atoms with Gasteiger partial charge in [-0.2, -0.15) is 0 Å².